The lowest BCUT2D eigenvalue weighted by molar-refractivity contribution is -0.119. The van der Waals surface area contributed by atoms with Crippen LogP contribution in [0.5, 0.6) is 11.5 Å². The first-order valence-corrected chi connectivity index (χ1v) is 9.38. The minimum atomic E-state index is -3.68. The van der Waals surface area contributed by atoms with Crippen molar-refractivity contribution in [3.63, 3.8) is 0 Å². The predicted molar refractivity (Wildman–Crippen MR) is 99.0 cm³/mol. The fourth-order valence-electron chi connectivity index (χ4n) is 2.08. The number of hydrogen-bond acceptors (Lipinski definition) is 6. The van der Waals surface area contributed by atoms with Gasteiger partial charge in [0.2, 0.25) is 10.0 Å². The number of phenolic OH excluding ortho intramolecular Hbond substituents is 1. The number of benzene rings is 2. The number of methoxy groups -OCH3 is 1. The van der Waals surface area contributed by atoms with Gasteiger partial charge in [0, 0.05) is 5.56 Å². The zero-order chi connectivity index (χ0) is 19.2. The summed E-state index contributed by atoms with van der Waals surface area (Å²) in [6.45, 7) is -0.441. The third kappa shape index (κ3) is 5.21. The summed E-state index contributed by atoms with van der Waals surface area (Å²) >= 11 is 0. The molecule has 8 nitrogen and oxygen atoms in total. The minimum Gasteiger partial charge on any atom is -0.507 e. The fourth-order valence-corrected chi connectivity index (χ4v) is 2.94. The molecule has 0 spiro atoms. The van der Waals surface area contributed by atoms with Crippen molar-refractivity contribution in [2.45, 2.75) is 0 Å². The summed E-state index contributed by atoms with van der Waals surface area (Å²) in [5, 5.41) is 13.4. The minimum absolute atomic E-state index is 0.0153. The Bertz CT molecular complexity index is 895. The molecule has 0 unspecified atom stereocenters. The summed E-state index contributed by atoms with van der Waals surface area (Å²) in [7, 11) is -2.18. The highest BCUT2D eigenvalue weighted by Gasteiger charge is 2.20. The second kappa shape index (κ2) is 8.34. The molecule has 0 aliphatic heterocycles. The zero-order valence-corrected chi connectivity index (χ0v) is 15.1. The normalized spacial score (nSPS) is 11.3. The van der Waals surface area contributed by atoms with E-state index in [1.165, 1.54) is 19.4 Å². The highest BCUT2D eigenvalue weighted by molar-refractivity contribution is 7.92. The van der Waals surface area contributed by atoms with E-state index in [4.69, 9.17) is 4.74 Å². The average molecular weight is 377 g/mol. The number of sulfonamides is 1. The Labute approximate surface area is 151 Å². The van der Waals surface area contributed by atoms with Crippen LogP contribution in [0, 0.1) is 0 Å². The maximum atomic E-state index is 12.1. The van der Waals surface area contributed by atoms with Gasteiger partial charge in [-0.15, -0.1) is 0 Å². The number of ether oxygens (including phenoxy) is 1. The van der Waals surface area contributed by atoms with E-state index in [1.807, 2.05) is 0 Å². The smallest absolute Gasteiger partial charge is 0.260 e. The number of nitrogens with one attached hydrogen (secondary N) is 1. The Hall–Kier alpha value is -3.07. The van der Waals surface area contributed by atoms with Gasteiger partial charge in [-0.3, -0.25) is 9.10 Å². The van der Waals surface area contributed by atoms with Gasteiger partial charge in [0.25, 0.3) is 5.91 Å². The summed E-state index contributed by atoms with van der Waals surface area (Å²) < 4.78 is 30.0. The molecule has 2 aromatic rings. The largest absolute Gasteiger partial charge is 0.507 e. The summed E-state index contributed by atoms with van der Waals surface area (Å²) in [6.07, 6.45) is 2.28. The number of phenols is 1. The molecule has 1 amide bonds. The van der Waals surface area contributed by atoms with E-state index in [0.717, 1.165) is 10.6 Å². The summed E-state index contributed by atoms with van der Waals surface area (Å²) in [5.74, 6) is -0.0432. The van der Waals surface area contributed by atoms with Crippen molar-refractivity contribution in [1.29, 1.82) is 0 Å². The number of nitrogens with zero attached hydrogens (tertiary/aromatic N) is 2. The SMILES string of the molecule is COc1ccc(N(CC(=O)N/N=C\c2ccccc2O)S(C)(=O)=O)cc1. The van der Waals surface area contributed by atoms with Crippen molar-refractivity contribution in [1.82, 2.24) is 5.43 Å². The van der Waals surface area contributed by atoms with E-state index in [0.29, 0.717) is 17.0 Å². The highest BCUT2D eigenvalue weighted by atomic mass is 32.2. The van der Waals surface area contributed by atoms with Crippen LogP contribution in [0.15, 0.2) is 53.6 Å². The molecule has 0 saturated carbocycles. The molecule has 0 aliphatic carbocycles. The predicted octanol–water partition coefficient (Wildman–Crippen LogP) is 1.32. The van der Waals surface area contributed by atoms with E-state index in [2.05, 4.69) is 10.5 Å². The number of carbonyl (C=O) groups excluding carboxylic acids is 1. The van der Waals surface area contributed by atoms with E-state index in [1.54, 1.807) is 42.5 Å². The number of rotatable bonds is 7. The second-order valence-corrected chi connectivity index (χ2v) is 7.23. The van der Waals surface area contributed by atoms with Gasteiger partial charge < -0.3 is 9.84 Å². The standard InChI is InChI=1S/C17H19N3O5S/c1-25-15-9-7-14(8-10-15)20(26(2,23)24)12-17(22)19-18-11-13-5-3-4-6-16(13)21/h3-11,21H,12H2,1-2H3,(H,19,22)/b18-11-. The Balaban J connectivity index is 2.08. The number of amides is 1. The Morgan fingerprint density at radius 2 is 1.88 bits per heavy atom. The number of aromatic hydroxyl groups is 1. The van der Waals surface area contributed by atoms with Gasteiger partial charge in [-0.25, -0.2) is 13.8 Å². The van der Waals surface area contributed by atoms with Crippen LogP contribution >= 0.6 is 0 Å². The number of anilines is 1. The first kappa shape index (κ1) is 19.3. The third-order valence-corrected chi connectivity index (χ3v) is 4.52. The third-order valence-electron chi connectivity index (χ3n) is 3.38. The van der Waals surface area contributed by atoms with Gasteiger partial charge in [0.1, 0.15) is 18.0 Å². The Morgan fingerprint density at radius 1 is 1.23 bits per heavy atom. The summed E-state index contributed by atoms with van der Waals surface area (Å²) in [4.78, 5) is 12.1. The fraction of sp³-hybridized carbons (Fsp3) is 0.176. The van der Waals surface area contributed by atoms with Crippen LogP contribution in [-0.2, 0) is 14.8 Å². The Kier molecular flexibility index (Phi) is 6.18. The van der Waals surface area contributed by atoms with Crippen LogP contribution in [-0.4, -0.2) is 45.6 Å². The molecule has 138 valence electrons. The lowest BCUT2D eigenvalue weighted by atomic mass is 10.2. The van der Waals surface area contributed by atoms with Gasteiger partial charge in [-0.1, -0.05) is 12.1 Å². The van der Waals surface area contributed by atoms with E-state index >= 15 is 0 Å². The molecule has 0 radical (unpaired) electrons. The summed E-state index contributed by atoms with van der Waals surface area (Å²) in [5.41, 5.74) is 2.99. The molecule has 0 bridgehead atoms. The first-order chi connectivity index (χ1) is 12.3. The quantitative estimate of drug-likeness (QED) is 0.559. The highest BCUT2D eigenvalue weighted by Crippen LogP contribution is 2.21. The molecule has 0 aromatic heterocycles. The lowest BCUT2D eigenvalue weighted by Gasteiger charge is -2.21. The maximum absolute atomic E-state index is 12.1. The molecular weight excluding hydrogens is 358 g/mol. The van der Waals surface area contributed by atoms with E-state index < -0.39 is 22.5 Å². The maximum Gasteiger partial charge on any atom is 0.260 e. The topological polar surface area (TPSA) is 108 Å². The van der Waals surface area contributed by atoms with Crippen molar-refractivity contribution >= 4 is 27.8 Å². The zero-order valence-electron chi connectivity index (χ0n) is 14.3. The molecule has 2 aromatic carbocycles. The van der Waals surface area contributed by atoms with Crippen molar-refractivity contribution in [2.75, 3.05) is 24.2 Å². The summed E-state index contributed by atoms with van der Waals surface area (Å²) in [6, 6.07) is 12.7. The number of hydrazone groups is 1. The average Bonchev–Trinajstić information content (AvgIpc) is 2.60. The molecule has 0 atom stereocenters. The number of hydrogen-bond donors (Lipinski definition) is 2. The van der Waals surface area contributed by atoms with Crippen LogP contribution in [0.1, 0.15) is 5.56 Å². The van der Waals surface area contributed by atoms with Crippen molar-refractivity contribution in [3.8, 4) is 11.5 Å². The van der Waals surface area contributed by atoms with Crippen LogP contribution in [0.2, 0.25) is 0 Å². The molecule has 0 fully saturated rings. The number of para-hydroxylation sites is 1. The van der Waals surface area contributed by atoms with Crippen LogP contribution in [0.25, 0.3) is 0 Å². The second-order valence-electron chi connectivity index (χ2n) is 5.32. The van der Waals surface area contributed by atoms with Crippen LogP contribution in [0.4, 0.5) is 5.69 Å². The van der Waals surface area contributed by atoms with Gasteiger partial charge in [0.15, 0.2) is 0 Å². The van der Waals surface area contributed by atoms with Crippen molar-refractivity contribution < 1.29 is 23.1 Å². The molecule has 0 heterocycles. The Morgan fingerprint density at radius 3 is 2.46 bits per heavy atom. The molecule has 9 heteroatoms. The van der Waals surface area contributed by atoms with Gasteiger partial charge in [-0.2, -0.15) is 5.10 Å². The van der Waals surface area contributed by atoms with Crippen molar-refractivity contribution in [3.05, 3.63) is 54.1 Å². The van der Waals surface area contributed by atoms with E-state index in [-0.39, 0.29) is 5.75 Å². The molecule has 2 rings (SSSR count). The van der Waals surface area contributed by atoms with Crippen LogP contribution < -0.4 is 14.5 Å². The molecule has 2 N–H and O–H groups in total. The molecule has 26 heavy (non-hydrogen) atoms. The first-order valence-electron chi connectivity index (χ1n) is 7.53. The molecular formula is C17H19N3O5S. The van der Waals surface area contributed by atoms with Gasteiger partial charge >= 0.3 is 0 Å². The van der Waals surface area contributed by atoms with Crippen molar-refractivity contribution in [2.24, 2.45) is 5.10 Å². The monoisotopic (exact) mass is 377 g/mol. The number of carbonyl (C=O) groups is 1. The molecule has 0 aliphatic rings. The van der Waals surface area contributed by atoms with Gasteiger partial charge in [-0.05, 0) is 36.4 Å². The lowest BCUT2D eigenvalue weighted by Crippen LogP contribution is -2.39. The molecule has 0 saturated heterocycles. The van der Waals surface area contributed by atoms with Gasteiger partial charge in [0.05, 0.1) is 25.3 Å². The van der Waals surface area contributed by atoms with E-state index in [9.17, 15) is 18.3 Å². The van der Waals surface area contributed by atoms with Crippen LogP contribution in [0.3, 0.4) is 0 Å².